The maximum atomic E-state index is 5.49. The number of hydrogen-bond donors (Lipinski definition) is 1. The van der Waals surface area contributed by atoms with E-state index in [0.717, 1.165) is 11.4 Å². The summed E-state index contributed by atoms with van der Waals surface area (Å²) in [7, 11) is 1.67. The molecule has 6 heteroatoms. The Hall–Kier alpha value is -1.24. The summed E-state index contributed by atoms with van der Waals surface area (Å²) in [5.74, 6) is 1.18. The highest BCUT2D eigenvalue weighted by molar-refractivity contribution is 7.13. The average molecular weight is 239 g/mol. The SMILES string of the molecule is COCCNCc1nnc(-c2cccs2)o1. The zero-order chi connectivity index (χ0) is 11.2. The van der Waals surface area contributed by atoms with Crippen LogP contribution in [0, 0.1) is 0 Å². The van der Waals surface area contributed by atoms with Crippen LogP contribution >= 0.6 is 11.3 Å². The molecule has 0 amide bonds. The lowest BCUT2D eigenvalue weighted by Gasteiger charge is -1.98. The highest BCUT2D eigenvalue weighted by Crippen LogP contribution is 2.22. The standard InChI is InChI=1S/C10H13N3O2S/c1-14-5-4-11-7-9-12-13-10(15-9)8-3-2-6-16-8/h2-3,6,11H,4-5,7H2,1H3. The quantitative estimate of drug-likeness (QED) is 0.775. The van der Waals surface area contributed by atoms with Crippen molar-refractivity contribution in [1.29, 1.82) is 0 Å². The average Bonchev–Trinajstić information content (AvgIpc) is 2.94. The number of nitrogens with one attached hydrogen (secondary N) is 1. The summed E-state index contributed by atoms with van der Waals surface area (Å²) in [4.78, 5) is 0.996. The molecule has 5 nitrogen and oxygen atoms in total. The van der Waals surface area contributed by atoms with Gasteiger partial charge in [-0.25, -0.2) is 0 Å². The third-order valence-corrected chi connectivity index (χ3v) is 2.82. The fourth-order valence-electron chi connectivity index (χ4n) is 1.19. The molecule has 0 saturated heterocycles. The highest BCUT2D eigenvalue weighted by atomic mass is 32.1. The summed E-state index contributed by atoms with van der Waals surface area (Å²) >= 11 is 1.58. The Kier molecular flexibility index (Phi) is 4.03. The van der Waals surface area contributed by atoms with Gasteiger partial charge in [-0.2, -0.15) is 0 Å². The Labute approximate surface area is 97.5 Å². The van der Waals surface area contributed by atoms with Crippen molar-refractivity contribution in [2.24, 2.45) is 0 Å². The van der Waals surface area contributed by atoms with Crippen molar-refractivity contribution < 1.29 is 9.15 Å². The molecule has 0 aromatic carbocycles. The van der Waals surface area contributed by atoms with E-state index in [-0.39, 0.29) is 0 Å². The lowest BCUT2D eigenvalue weighted by molar-refractivity contribution is 0.198. The lowest BCUT2D eigenvalue weighted by Crippen LogP contribution is -2.18. The van der Waals surface area contributed by atoms with E-state index in [1.54, 1.807) is 18.4 Å². The molecule has 0 spiro atoms. The fraction of sp³-hybridized carbons (Fsp3) is 0.400. The number of methoxy groups -OCH3 is 1. The first-order valence-corrected chi connectivity index (χ1v) is 5.84. The Bertz CT molecular complexity index is 413. The van der Waals surface area contributed by atoms with E-state index in [9.17, 15) is 0 Å². The number of ether oxygens (including phenoxy) is 1. The maximum Gasteiger partial charge on any atom is 0.257 e. The van der Waals surface area contributed by atoms with E-state index in [1.165, 1.54) is 0 Å². The van der Waals surface area contributed by atoms with Gasteiger partial charge in [-0.15, -0.1) is 21.5 Å². The molecule has 0 saturated carbocycles. The summed E-state index contributed by atoms with van der Waals surface area (Å²) in [6, 6.07) is 3.92. The zero-order valence-electron chi connectivity index (χ0n) is 8.97. The zero-order valence-corrected chi connectivity index (χ0v) is 9.79. The molecule has 0 aliphatic carbocycles. The van der Waals surface area contributed by atoms with E-state index in [4.69, 9.17) is 9.15 Å². The van der Waals surface area contributed by atoms with Crippen LogP contribution in [-0.4, -0.2) is 30.5 Å². The van der Waals surface area contributed by atoms with E-state index in [0.29, 0.717) is 24.9 Å². The molecule has 2 aromatic rings. The van der Waals surface area contributed by atoms with Crippen molar-refractivity contribution in [3.05, 3.63) is 23.4 Å². The maximum absolute atomic E-state index is 5.49. The van der Waals surface area contributed by atoms with Crippen LogP contribution < -0.4 is 5.32 Å². The van der Waals surface area contributed by atoms with E-state index in [2.05, 4.69) is 15.5 Å². The molecule has 16 heavy (non-hydrogen) atoms. The molecule has 0 unspecified atom stereocenters. The van der Waals surface area contributed by atoms with Gasteiger partial charge >= 0.3 is 0 Å². The predicted molar refractivity (Wildman–Crippen MR) is 61.2 cm³/mol. The first-order valence-electron chi connectivity index (χ1n) is 4.96. The summed E-state index contributed by atoms with van der Waals surface area (Å²) in [6.45, 7) is 2.01. The molecular formula is C10H13N3O2S. The van der Waals surface area contributed by atoms with Gasteiger partial charge in [0.2, 0.25) is 5.89 Å². The second kappa shape index (κ2) is 5.74. The molecule has 2 rings (SSSR count). The summed E-state index contributed by atoms with van der Waals surface area (Å²) in [5, 5.41) is 13.1. The fourth-order valence-corrected chi connectivity index (χ4v) is 1.84. The van der Waals surface area contributed by atoms with Crippen LogP contribution in [0.5, 0.6) is 0 Å². The van der Waals surface area contributed by atoms with Crippen molar-refractivity contribution in [3.63, 3.8) is 0 Å². The van der Waals surface area contributed by atoms with E-state index < -0.39 is 0 Å². The molecule has 1 N–H and O–H groups in total. The molecule has 2 aromatic heterocycles. The predicted octanol–water partition coefficient (Wildman–Crippen LogP) is 1.53. The van der Waals surface area contributed by atoms with Crippen LogP contribution in [0.3, 0.4) is 0 Å². The Morgan fingerprint density at radius 3 is 3.19 bits per heavy atom. The van der Waals surface area contributed by atoms with Gasteiger partial charge in [0.1, 0.15) is 0 Å². The Balaban J connectivity index is 1.88. The summed E-state index contributed by atoms with van der Waals surface area (Å²) < 4.78 is 10.4. The summed E-state index contributed by atoms with van der Waals surface area (Å²) in [5.41, 5.74) is 0. The minimum Gasteiger partial charge on any atom is -0.419 e. The second-order valence-corrected chi connectivity index (χ2v) is 4.10. The molecule has 86 valence electrons. The van der Waals surface area contributed by atoms with Gasteiger partial charge in [0, 0.05) is 13.7 Å². The Morgan fingerprint density at radius 2 is 2.44 bits per heavy atom. The lowest BCUT2D eigenvalue weighted by atomic mass is 10.5. The number of nitrogens with zero attached hydrogens (tertiary/aromatic N) is 2. The third-order valence-electron chi connectivity index (χ3n) is 1.96. The second-order valence-electron chi connectivity index (χ2n) is 3.15. The van der Waals surface area contributed by atoms with E-state index in [1.807, 2.05) is 17.5 Å². The minimum absolute atomic E-state index is 0.571. The van der Waals surface area contributed by atoms with Gasteiger partial charge in [0.25, 0.3) is 5.89 Å². The molecule has 0 bridgehead atoms. The molecule has 2 heterocycles. The minimum atomic E-state index is 0.571. The third kappa shape index (κ3) is 2.88. The first-order chi connectivity index (χ1) is 7.90. The first kappa shape index (κ1) is 11.3. The van der Waals surface area contributed by atoms with Gasteiger partial charge < -0.3 is 14.5 Å². The van der Waals surface area contributed by atoms with Crippen molar-refractivity contribution in [2.75, 3.05) is 20.3 Å². The summed E-state index contributed by atoms with van der Waals surface area (Å²) in [6.07, 6.45) is 0. The molecule has 0 aliphatic heterocycles. The number of thiophene rings is 1. The van der Waals surface area contributed by atoms with Gasteiger partial charge in [0.15, 0.2) is 0 Å². The number of hydrogen-bond acceptors (Lipinski definition) is 6. The largest absolute Gasteiger partial charge is 0.419 e. The molecule has 0 radical (unpaired) electrons. The van der Waals surface area contributed by atoms with Crippen LogP contribution in [-0.2, 0) is 11.3 Å². The van der Waals surface area contributed by atoms with Crippen molar-refractivity contribution in [3.8, 4) is 10.8 Å². The molecule has 0 fully saturated rings. The van der Waals surface area contributed by atoms with Crippen LogP contribution in [0.1, 0.15) is 5.89 Å². The van der Waals surface area contributed by atoms with Gasteiger partial charge in [-0.05, 0) is 11.4 Å². The molecular weight excluding hydrogens is 226 g/mol. The number of aromatic nitrogens is 2. The molecule has 0 atom stereocenters. The van der Waals surface area contributed by atoms with Crippen LogP contribution in [0.25, 0.3) is 10.8 Å². The van der Waals surface area contributed by atoms with Gasteiger partial charge in [-0.1, -0.05) is 6.07 Å². The van der Waals surface area contributed by atoms with Crippen molar-refractivity contribution in [2.45, 2.75) is 6.54 Å². The van der Waals surface area contributed by atoms with Crippen LogP contribution in [0.2, 0.25) is 0 Å². The Morgan fingerprint density at radius 1 is 1.50 bits per heavy atom. The van der Waals surface area contributed by atoms with Gasteiger partial charge in [-0.3, -0.25) is 0 Å². The van der Waals surface area contributed by atoms with Crippen LogP contribution in [0.4, 0.5) is 0 Å². The topological polar surface area (TPSA) is 60.2 Å². The normalized spacial score (nSPS) is 10.8. The smallest absolute Gasteiger partial charge is 0.257 e. The highest BCUT2D eigenvalue weighted by Gasteiger charge is 2.08. The van der Waals surface area contributed by atoms with Crippen molar-refractivity contribution in [1.82, 2.24) is 15.5 Å². The monoisotopic (exact) mass is 239 g/mol. The van der Waals surface area contributed by atoms with Gasteiger partial charge in [0.05, 0.1) is 18.0 Å². The van der Waals surface area contributed by atoms with Crippen LogP contribution in [0.15, 0.2) is 21.9 Å². The van der Waals surface area contributed by atoms with E-state index >= 15 is 0 Å². The van der Waals surface area contributed by atoms with Crippen molar-refractivity contribution >= 4 is 11.3 Å². The molecule has 0 aliphatic rings. The number of rotatable bonds is 6.